The van der Waals surface area contributed by atoms with Gasteiger partial charge in [-0.3, -0.25) is 0 Å². The molecule has 1 aliphatic carbocycles. The summed E-state index contributed by atoms with van der Waals surface area (Å²) in [5, 5.41) is 3.57. The average Bonchev–Trinajstić information content (AvgIpc) is 3.25. The molecular formula is C17H27N3. The molecule has 2 aliphatic rings. The summed E-state index contributed by atoms with van der Waals surface area (Å²) in [6.07, 6.45) is 5.32. The molecule has 0 radical (unpaired) electrons. The third-order valence-corrected chi connectivity index (χ3v) is 5.01. The van der Waals surface area contributed by atoms with Gasteiger partial charge >= 0.3 is 0 Å². The topological polar surface area (TPSA) is 28.2 Å². The SMILES string of the molecule is Cc1nc(N2CCCC(C)C2C)ccc1CNC1CC1. The predicted octanol–water partition coefficient (Wildman–Crippen LogP) is 3.27. The summed E-state index contributed by atoms with van der Waals surface area (Å²) < 4.78 is 0. The van der Waals surface area contributed by atoms with Crippen LogP contribution in [0.4, 0.5) is 5.82 Å². The second-order valence-electron chi connectivity index (χ2n) is 6.62. The number of rotatable bonds is 4. The molecule has 2 unspecified atom stereocenters. The molecule has 2 atom stereocenters. The van der Waals surface area contributed by atoms with E-state index in [2.05, 4.69) is 43.1 Å². The van der Waals surface area contributed by atoms with Crippen molar-refractivity contribution in [1.29, 1.82) is 0 Å². The van der Waals surface area contributed by atoms with Gasteiger partial charge in [-0.25, -0.2) is 4.98 Å². The molecule has 3 heteroatoms. The number of aryl methyl sites for hydroxylation is 1. The highest BCUT2D eigenvalue weighted by molar-refractivity contribution is 5.43. The molecule has 110 valence electrons. The van der Waals surface area contributed by atoms with Gasteiger partial charge in [0.1, 0.15) is 5.82 Å². The fraction of sp³-hybridized carbons (Fsp3) is 0.706. The summed E-state index contributed by atoms with van der Waals surface area (Å²) >= 11 is 0. The van der Waals surface area contributed by atoms with Gasteiger partial charge in [0, 0.05) is 30.9 Å². The number of pyridine rings is 1. The molecule has 1 aromatic rings. The first-order chi connectivity index (χ1) is 9.65. The highest BCUT2D eigenvalue weighted by Gasteiger charge is 2.26. The second-order valence-corrected chi connectivity index (χ2v) is 6.62. The number of hydrogen-bond acceptors (Lipinski definition) is 3. The Bertz CT molecular complexity index is 467. The van der Waals surface area contributed by atoms with Crippen LogP contribution in [-0.4, -0.2) is 23.6 Å². The van der Waals surface area contributed by atoms with Crippen molar-refractivity contribution in [2.24, 2.45) is 5.92 Å². The van der Waals surface area contributed by atoms with E-state index in [1.54, 1.807) is 0 Å². The summed E-state index contributed by atoms with van der Waals surface area (Å²) in [6.45, 7) is 8.96. The summed E-state index contributed by atoms with van der Waals surface area (Å²) in [6, 6.07) is 5.84. The molecule has 20 heavy (non-hydrogen) atoms. The Morgan fingerprint density at radius 1 is 1.25 bits per heavy atom. The van der Waals surface area contributed by atoms with Crippen molar-refractivity contribution in [3.05, 3.63) is 23.4 Å². The minimum absolute atomic E-state index is 0.603. The Labute approximate surface area is 122 Å². The van der Waals surface area contributed by atoms with E-state index < -0.39 is 0 Å². The van der Waals surface area contributed by atoms with Gasteiger partial charge in [0.25, 0.3) is 0 Å². The Hall–Kier alpha value is -1.09. The molecule has 2 heterocycles. The zero-order valence-electron chi connectivity index (χ0n) is 13.0. The van der Waals surface area contributed by atoms with Gasteiger partial charge in [0.2, 0.25) is 0 Å². The van der Waals surface area contributed by atoms with Gasteiger partial charge < -0.3 is 10.2 Å². The highest BCUT2D eigenvalue weighted by atomic mass is 15.2. The van der Waals surface area contributed by atoms with Gasteiger partial charge in [-0.15, -0.1) is 0 Å². The molecule has 1 aromatic heterocycles. The zero-order valence-corrected chi connectivity index (χ0v) is 13.0. The van der Waals surface area contributed by atoms with Crippen LogP contribution in [0.3, 0.4) is 0 Å². The normalized spacial score (nSPS) is 26.9. The van der Waals surface area contributed by atoms with Crippen LogP contribution < -0.4 is 10.2 Å². The van der Waals surface area contributed by atoms with Gasteiger partial charge in [-0.1, -0.05) is 13.0 Å². The fourth-order valence-corrected chi connectivity index (χ4v) is 3.12. The Kier molecular flexibility index (Phi) is 3.97. The molecule has 3 rings (SSSR count). The van der Waals surface area contributed by atoms with Crippen LogP contribution in [0.25, 0.3) is 0 Å². The smallest absolute Gasteiger partial charge is 0.129 e. The summed E-state index contributed by atoms with van der Waals surface area (Å²) in [5.41, 5.74) is 2.53. The molecule has 0 amide bonds. The van der Waals surface area contributed by atoms with E-state index in [0.29, 0.717) is 6.04 Å². The van der Waals surface area contributed by atoms with Crippen molar-refractivity contribution in [3.63, 3.8) is 0 Å². The van der Waals surface area contributed by atoms with Gasteiger partial charge in [0.15, 0.2) is 0 Å². The van der Waals surface area contributed by atoms with E-state index in [-0.39, 0.29) is 0 Å². The van der Waals surface area contributed by atoms with Gasteiger partial charge in [0.05, 0.1) is 0 Å². The summed E-state index contributed by atoms with van der Waals surface area (Å²) in [7, 11) is 0. The maximum Gasteiger partial charge on any atom is 0.129 e. The van der Waals surface area contributed by atoms with Crippen molar-refractivity contribution < 1.29 is 0 Å². The molecule has 1 saturated carbocycles. The maximum atomic E-state index is 4.87. The first kappa shape index (κ1) is 13.9. The Morgan fingerprint density at radius 2 is 2.05 bits per heavy atom. The molecule has 1 N–H and O–H groups in total. The van der Waals surface area contributed by atoms with E-state index >= 15 is 0 Å². The molecular weight excluding hydrogens is 246 g/mol. The lowest BCUT2D eigenvalue weighted by Crippen LogP contribution is -2.43. The second kappa shape index (κ2) is 5.72. The monoisotopic (exact) mass is 273 g/mol. The van der Waals surface area contributed by atoms with Crippen molar-refractivity contribution in [1.82, 2.24) is 10.3 Å². The number of piperidine rings is 1. The van der Waals surface area contributed by atoms with E-state index in [4.69, 9.17) is 4.98 Å². The van der Waals surface area contributed by atoms with Gasteiger partial charge in [-0.05, 0) is 57.1 Å². The largest absolute Gasteiger partial charge is 0.354 e. The lowest BCUT2D eigenvalue weighted by Gasteiger charge is -2.39. The maximum absolute atomic E-state index is 4.87. The third-order valence-electron chi connectivity index (χ3n) is 5.01. The first-order valence-electron chi connectivity index (χ1n) is 8.11. The van der Waals surface area contributed by atoms with Crippen LogP contribution >= 0.6 is 0 Å². The lowest BCUT2D eigenvalue weighted by atomic mass is 9.92. The quantitative estimate of drug-likeness (QED) is 0.912. The third kappa shape index (κ3) is 2.98. The average molecular weight is 273 g/mol. The van der Waals surface area contributed by atoms with Crippen LogP contribution in [-0.2, 0) is 6.54 Å². The Balaban J connectivity index is 1.71. The number of nitrogens with zero attached hydrogens (tertiary/aromatic N) is 2. The number of hydrogen-bond donors (Lipinski definition) is 1. The molecule has 0 aromatic carbocycles. The van der Waals surface area contributed by atoms with Crippen molar-refractivity contribution in [3.8, 4) is 0 Å². The van der Waals surface area contributed by atoms with Crippen molar-refractivity contribution in [2.45, 2.75) is 65.1 Å². The minimum atomic E-state index is 0.603. The number of aromatic nitrogens is 1. The van der Waals surface area contributed by atoms with Crippen LogP contribution in [0.1, 0.15) is 50.8 Å². The lowest BCUT2D eigenvalue weighted by molar-refractivity contribution is 0.361. The minimum Gasteiger partial charge on any atom is -0.354 e. The van der Waals surface area contributed by atoms with Crippen molar-refractivity contribution >= 4 is 5.82 Å². The molecule has 2 fully saturated rings. The van der Waals surface area contributed by atoms with Crippen molar-refractivity contribution in [2.75, 3.05) is 11.4 Å². The zero-order chi connectivity index (χ0) is 14.1. The van der Waals surface area contributed by atoms with Crippen LogP contribution in [0, 0.1) is 12.8 Å². The summed E-state index contributed by atoms with van der Waals surface area (Å²) in [5.74, 6) is 1.93. The molecule has 1 saturated heterocycles. The molecule has 1 aliphatic heterocycles. The molecule has 0 spiro atoms. The van der Waals surface area contributed by atoms with E-state index in [0.717, 1.165) is 30.9 Å². The predicted molar refractivity (Wildman–Crippen MR) is 84.0 cm³/mol. The first-order valence-corrected chi connectivity index (χ1v) is 8.11. The number of anilines is 1. The Morgan fingerprint density at radius 3 is 2.75 bits per heavy atom. The van der Waals surface area contributed by atoms with E-state index in [1.165, 1.54) is 36.9 Å². The number of nitrogens with one attached hydrogen (secondary N) is 1. The summed E-state index contributed by atoms with van der Waals surface area (Å²) in [4.78, 5) is 7.35. The standard InChI is InChI=1S/C17H27N3/c1-12-5-4-10-20(14(12)3)17-9-6-15(13(2)19-17)11-18-16-7-8-16/h6,9,12,14,16,18H,4-5,7-8,10-11H2,1-3H3. The molecule has 3 nitrogen and oxygen atoms in total. The molecule has 0 bridgehead atoms. The highest BCUT2D eigenvalue weighted by Crippen LogP contribution is 2.28. The van der Waals surface area contributed by atoms with Gasteiger partial charge in [-0.2, -0.15) is 0 Å². The van der Waals surface area contributed by atoms with Crippen LogP contribution in [0.15, 0.2) is 12.1 Å². The van der Waals surface area contributed by atoms with E-state index in [1.807, 2.05) is 0 Å². The van der Waals surface area contributed by atoms with E-state index in [9.17, 15) is 0 Å². The fourth-order valence-electron chi connectivity index (χ4n) is 3.12. The van der Waals surface area contributed by atoms with Crippen LogP contribution in [0.5, 0.6) is 0 Å². The van der Waals surface area contributed by atoms with Crippen LogP contribution in [0.2, 0.25) is 0 Å².